The Hall–Kier alpha value is -2.49. The van der Waals surface area contributed by atoms with Crippen LogP contribution < -0.4 is 5.32 Å². The number of nitriles is 1. The van der Waals surface area contributed by atoms with E-state index < -0.39 is 18.4 Å². The highest BCUT2D eigenvalue weighted by atomic mass is 16.7. The van der Waals surface area contributed by atoms with Gasteiger partial charge in [-0.3, -0.25) is 0 Å². The van der Waals surface area contributed by atoms with Crippen LogP contribution in [0.1, 0.15) is 13.3 Å². The van der Waals surface area contributed by atoms with Crippen molar-refractivity contribution in [2.24, 2.45) is 11.8 Å². The molecule has 0 aromatic heterocycles. The average Bonchev–Trinajstić information content (AvgIpc) is 2.87. The molecular weight excluding hydrogens is 276 g/mol. The molecule has 7 nitrogen and oxygen atoms in total. The highest BCUT2D eigenvalue weighted by Crippen LogP contribution is 2.43. The molecule has 0 saturated heterocycles. The third-order valence-corrected chi connectivity index (χ3v) is 3.63. The minimum Gasteiger partial charge on any atom is -0.466 e. The van der Waals surface area contributed by atoms with Gasteiger partial charge in [0.25, 0.3) is 6.29 Å². The predicted octanol–water partition coefficient (Wildman–Crippen LogP) is 1.23. The van der Waals surface area contributed by atoms with Crippen LogP contribution in [0.25, 0.3) is 0 Å². The molecule has 1 heterocycles. The van der Waals surface area contributed by atoms with E-state index in [0.29, 0.717) is 12.0 Å². The number of fused-ring (bicyclic) bond motifs is 1. The van der Waals surface area contributed by atoms with Crippen molar-refractivity contribution >= 4 is 12.1 Å². The van der Waals surface area contributed by atoms with E-state index in [1.165, 1.54) is 13.4 Å². The molecule has 0 bridgehead atoms. The Bertz CT molecular complexity index is 546. The molecule has 2 rings (SSSR count). The van der Waals surface area contributed by atoms with Gasteiger partial charge in [-0.25, -0.2) is 9.59 Å². The first-order valence-electron chi connectivity index (χ1n) is 6.50. The second-order valence-electron chi connectivity index (χ2n) is 4.80. The number of hydrogen-bond donors (Lipinski definition) is 1. The van der Waals surface area contributed by atoms with Gasteiger partial charge in [-0.2, -0.15) is 5.26 Å². The standard InChI is InChI=1S/C14H16N2O5/c1-8-3-4-9-10(12(17)19-2)7-20-13(11(8)9)21-14(18)16-6-5-15/h3,7,9,11,13H,4,6H2,1-2H3,(H,16,18). The molecular formula is C14H16N2O5. The summed E-state index contributed by atoms with van der Waals surface area (Å²) in [4.78, 5) is 23.3. The van der Waals surface area contributed by atoms with Crippen LogP contribution >= 0.6 is 0 Å². The van der Waals surface area contributed by atoms with Crippen LogP contribution in [0.15, 0.2) is 23.5 Å². The molecule has 112 valence electrons. The SMILES string of the molecule is COC(=O)C1=COC(OC(=O)NCC#N)C2C(C)=CCC12. The van der Waals surface area contributed by atoms with Crippen molar-refractivity contribution in [3.8, 4) is 6.07 Å². The second kappa shape index (κ2) is 6.31. The lowest BCUT2D eigenvalue weighted by molar-refractivity contribution is -0.141. The van der Waals surface area contributed by atoms with Gasteiger partial charge in [-0.1, -0.05) is 11.6 Å². The maximum atomic E-state index is 11.7. The molecule has 0 aromatic rings. The molecule has 0 radical (unpaired) electrons. The summed E-state index contributed by atoms with van der Waals surface area (Å²) in [7, 11) is 1.31. The summed E-state index contributed by atoms with van der Waals surface area (Å²) >= 11 is 0. The zero-order valence-corrected chi connectivity index (χ0v) is 11.8. The topological polar surface area (TPSA) is 97.7 Å². The number of carbonyl (C=O) groups is 2. The molecule has 2 aliphatic rings. The van der Waals surface area contributed by atoms with E-state index in [-0.39, 0.29) is 18.4 Å². The van der Waals surface area contributed by atoms with Crippen LogP contribution in [0.4, 0.5) is 4.79 Å². The Kier molecular flexibility index (Phi) is 4.48. The Morgan fingerprint density at radius 1 is 1.57 bits per heavy atom. The van der Waals surface area contributed by atoms with E-state index in [4.69, 9.17) is 19.5 Å². The van der Waals surface area contributed by atoms with Gasteiger partial charge in [0, 0.05) is 5.92 Å². The molecule has 1 aliphatic heterocycles. The van der Waals surface area contributed by atoms with E-state index in [2.05, 4.69) is 5.32 Å². The lowest BCUT2D eigenvalue weighted by Crippen LogP contribution is -2.40. The van der Waals surface area contributed by atoms with Crippen LogP contribution in [0.2, 0.25) is 0 Å². The summed E-state index contributed by atoms with van der Waals surface area (Å²) in [5.41, 5.74) is 1.43. The average molecular weight is 292 g/mol. The van der Waals surface area contributed by atoms with E-state index in [0.717, 1.165) is 5.57 Å². The van der Waals surface area contributed by atoms with Gasteiger partial charge in [0.05, 0.1) is 30.9 Å². The maximum Gasteiger partial charge on any atom is 0.411 e. The molecule has 7 heteroatoms. The number of nitrogens with zero attached hydrogens (tertiary/aromatic N) is 1. The number of rotatable bonds is 3. The van der Waals surface area contributed by atoms with E-state index in [1.54, 1.807) is 6.07 Å². The van der Waals surface area contributed by atoms with E-state index in [9.17, 15) is 9.59 Å². The van der Waals surface area contributed by atoms with Crippen molar-refractivity contribution in [3.63, 3.8) is 0 Å². The Labute approximate surface area is 122 Å². The molecule has 21 heavy (non-hydrogen) atoms. The van der Waals surface area contributed by atoms with Gasteiger partial charge in [-0.15, -0.1) is 0 Å². The summed E-state index contributed by atoms with van der Waals surface area (Å²) in [6, 6.07) is 1.78. The zero-order valence-electron chi connectivity index (χ0n) is 11.8. The number of hydrogen-bond acceptors (Lipinski definition) is 6. The zero-order chi connectivity index (χ0) is 15.4. The number of ether oxygens (including phenoxy) is 3. The number of methoxy groups -OCH3 is 1. The van der Waals surface area contributed by atoms with Crippen LogP contribution in [-0.2, 0) is 19.0 Å². The van der Waals surface area contributed by atoms with Gasteiger partial charge in [0.2, 0.25) is 0 Å². The molecule has 1 N–H and O–H groups in total. The predicted molar refractivity (Wildman–Crippen MR) is 70.4 cm³/mol. The highest BCUT2D eigenvalue weighted by molar-refractivity contribution is 5.89. The number of alkyl carbamates (subject to hydrolysis) is 1. The highest BCUT2D eigenvalue weighted by Gasteiger charge is 2.44. The van der Waals surface area contributed by atoms with Gasteiger partial charge >= 0.3 is 12.1 Å². The number of amides is 1. The normalized spacial score (nSPS) is 26.4. The molecule has 1 amide bonds. The summed E-state index contributed by atoms with van der Waals surface area (Å²) in [6.45, 7) is 1.76. The lowest BCUT2D eigenvalue weighted by atomic mass is 9.84. The van der Waals surface area contributed by atoms with Crippen LogP contribution in [0, 0.1) is 23.2 Å². The Morgan fingerprint density at radius 2 is 2.33 bits per heavy atom. The van der Waals surface area contributed by atoms with Crippen molar-refractivity contribution in [3.05, 3.63) is 23.5 Å². The fourth-order valence-corrected chi connectivity index (χ4v) is 2.63. The molecule has 1 aliphatic carbocycles. The molecule has 0 saturated carbocycles. The Balaban J connectivity index is 2.12. The first-order valence-corrected chi connectivity index (χ1v) is 6.50. The minimum absolute atomic E-state index is 0.125. The van der Waals surface area contributed by atoms with Crippen LogP contribution in [-0.4, -0.2) is 32.0 Å². The number of carbonyl (C=O) groups excluding carboxylic acids is 2. The van der Waals surface area contributed by atoms with Gasteiger partial charge in [-0.05, 0) is 13.3 Å². The van der Waals surface area contributed by atoms with Gasteiger partial charge in [0.1, 0.15) is 6.54 Å². The summed E-state index contributed by atoms with van der Waals surface area (Å²) < 4.78 is 15.3. The molecule has 0 spiro atoms. The first kappa shape index (κ1) is 14.9. The van der Waals surface area contributed by atoms with Crippen LogP contribution in [0.3, 0.4) is 0 Å². The van der Waals surface area contributed by atoms with Gasteiger partial charge in [0.15, 0.2) is 0 Å². The van der Waals surface area contributed by atoms with Crippen molar-refractivity contribution in [1.82, 2.24) is 5.32 Å². The van der Waals surface area contributed by atoms with Crippen molar-refractivity contribution in [1.29, 1.82) is 5.26 Å². The summed E-state index contributed by atoms with van der Waals surface area (Å²) in [5.74, 6) is -0.794. The first-order chi connectivity index (χ1) is 10.1. The Morgan fingerprint density at radius 3 is 3.00 bits per heavy atom. The number of nitrogens with one attached hydrogen (secondary N) is 1. The fourth-order valence-electron chi connectivity index (χ4n) is 2.63. The molecule has 3 unspecified atom stereocenters. The van der Waals surface area contributed by atoms with E-state index in [1.807, 2.05) is 13.0 Å². The second-order valence-corrected chi connectivity index (χ2v) is 4.80. The molecule has 0 fully saturated rings. The smallest absolute Gasteiger partial charge is 0.411 e. The summed E-state index contributed by atoms with van der Waals surface area (Å²) in [6.07, 6.45) is 2.41. The van der Waals surface area contributed by atoms with Gasteiger partial charge < -0.3 is 19.5 Å². The van der Waals surface area contributed by atoms with Crippen LogP contribution in [0.5, 0.6) is 0 Å². The third-order valence-electron chi connectivity index (χ3n) is 3.63. The van der Waals surface area contributed by atoms with Crippen molar-refractivity contribution in [2.45, 2.75) is 19.6 Å². The lowest BCUT2D eigenvalue weighted by Gasteiger charge is -2.33. The number of allylic oxidation sites excluding steroid dienone is 1. The van der Waals surface area contributed by atoms with E-state index >= 15 is 0 Å². The third kappa shape index (κ3) is 2.99. The van der Waals surface area contributed by atoms with Crippen molar-refractivity contribution < 1.29 is 23.8 Å². The maximum absolute atomic E-state index is 11.7. The molecule has 3 atom stereocenters. The fraction of sp³-hybridized carbons (Fsp3) is 0.500. The molecule has 0 aromatic carbocycles. The number of esters is 1. The minimum atomic E-state index is -0.819. The van der Waals surface area contributed by atoms with Crippen molar-refractivity contribution in [2.75, 3.05) is 13.7 Å². The monoisotopic (exact) mass is 292 g/mol. The largest absolute Gasteiger partial charge is 0.466 e. The quantitative estimate of drug-likeness (QED) is 0.477. The summed E-state index contributed by atoms with van der Waals surface area (Å²) in [5, 5.41) is 10.7.